The van der Waals surface area contributed by atoms with Gasteiger partial charge in [0.15, 0.2) is 5.69 Å². The van der Waals surface area contributed by atoms with Crippen LogP contribution in [0.2, 0.25) is 0 Å². The number of carbonyl (C=O) groups is 2. The predicted octanol–water partition coefficient (Wildman–Crippen LogP) is 5.09. The van der Waals surface area contributed by atoms with Crippen LogP contribution in [0.4, 0.5) is 32.0 Å². The molecular formula is C21H19F6N5O2S. The zero-order chi connectivity index (χ0) is 25.9. The molecule has 1 fully saturated rings. The van der Waals surface area contributed by atoms with Crippen molar-refractivity contribution in [3.05, 3.63) is 39.7 Å². The number of nitrogens with two attached hydrogens (primary N) is 1. The maximum Gasteiger partial charge on any atom is 0.435 e. The van der Waals surface area contributed by atoms with Crippen LogP contribution >= 0.6 is 11.3 Å². The van der Waals surface area contributed by atoms with E-state index in [4.69, 9.17) is 5.73 Å². The Balaban J connectivity index is 1.64. The number of pyridine rings is 1. The molecule has 3 aromatic heterocycles. The Kier molecular flexibility index (Phi) is 6.06. The van der Waals surface area contributed by atoms with E-state index in [9.17, 15) is 35.9 Å². The minimum Gasteiger partial charge on any atom is -0.365 e. The normalized spacial score (nSPS) is 15.4. The Morgan fingerprint density at radius 3 is 2.34 bits per heavy atom. The molecule has 3 aromatic rings. The van der Waals surface area contributed by atoms with Crippen molar-refractivity contribution in [3.8, 4) is 0 Å². The van der Waals surface area contributed by atoms with E-state index in [1.807, 2.05) is 0 Å². The highest BCUT2D eigenvalue weighted by Gasteiger charge is 2.38. The van der Waals surface area contributed by atoms with Gasteiger partial charge < -0.3 is 11.1 Å². The van der Waals surface area contributed by atoms with Crippen LogP contribution in [0.3, 0.4) is 0 Å². The molecule has 3 heterocycles. The van der Waals surface area contributed by atoms with Gasteiger partial charge in [-0.1, -0.05) is 6.92 Å². The third-order valence-electron chi connectivity index (χ3n) is 5.61. The van der Waals surface area contributed by atoms with Gasteiger partial charge in [0.25, 0.3) is 5.91 Å². The molecule has 0 spiro atoms. The van der Waals surface area contributed by atoms with Gasteiger partial charge in [-0.3, -0.25) is 14.3 Å². The van der Waals surface area contributed by atoms with E-state index >= 15 is 0 Å². The number of amides is 2. The van der Waals surface area contributed by atoms with Crippen LogP contribution in [-0.2, 0) is 23.7 Å². The van der Waals surface area contributed by atoms with E-state index in [1.165, 1.54) is 13.8 Å². The monoisotopic (exact) mass is 519 g/mol. The van der Waals surface area contributed by atoms with E-state index in [-0.39, 0.29) is 38.8 Å². The third kappa shape index (κ3) is 4.97. The van der Waals surface area contributed by atoms with Crippen LogP contribution in [0.15, 0.2) is 12.1 Å². The lowest BCUT2D eigenvalue weighted by molar-refractivity contribution is -0.142. The van der Waals surface area contributed by atoms with Crippen molar-refractivity contribution in [2.75, 3.05) is 5.32 Å². The number of halogens is 6. The Hall–Kier alpha value is -3.16. The summed E-state index contributed by atoms with van der Waals surface area (Å²) < 4.78 is 80.1. The van der Waals surface area contributed by atoms with Crippen molar-refractivity contribution in [1.82, 2.24) is 14.8 Å². The highest BCUT2D eigenvalue weighted by molar-refractivity contribution is 7.21. The average Bonchev–Trinajstić information content (AvgIpc) is 3.37. The first-order chi connectivity index (χ1) is 16.2. The van der Waals surface area contributed by atoms with Gasteiger partial charge in [-0.2, -0.15) is 31.4 Å². The molecule has 1 unspecified atom stereocenters. The molecule has 1 atom stereocenters. The number of thiophene rings is 1. The molecule has 1 aliphatic rings. The van der Waals surface area contributed by atoms with Gasteiger partial charge in [0.05, 0.1) is 18.2 Å². The van der Waals surface area contributed by atoms with Crippen molar-refractivity contribution >= 4 is 39.1 Å². The smallest absolute Gasteiger partial charge is 0.365 e. The summed E-state index contributed by atoms with van der Waals surface area (Å²) in [7, 11) is 0. The van der Waals surface area contributed by atoms with Crippen LogP contribution < -0.4 is 11.1 Å². The van der Waals surface area contributed by atoms with Gasteiger partial charge in [0.1, 0.15) is 15.4 Å². The van der Waals surface area contributed by atoms with E-state index in [1.54, 1.807) is 0 Å². The second-order valence-electron chi connectivity index (χ2n) is 8.47. The molecule has 0 saturated heterocycles. The molecule has 0 bridgehead atoms. The van der Waals surface area contributed by atoms with E-state index < -0.39 is 41.5 Å². The van der Waals surface area contributed by atoms with Crippen LogP contribution in [0, 0.1) is 12.8 Å². The minimum atomic E-state index is -4.72. The lowest BCUT2D eigenvalue weighted by atomic mass is 10.1. The molecule has 3 N–H and O–H groups in total. The summed E-state index contributed by atoms with van der Waals surface area (Å²) in [4.78, 5) is 28.2. The number of nitrogens with zero attached hydrogens (tertiary/aromatic N) is 3. The molecule has 14 heteroatoms. The van der Waals surface area contributed by atoms with E-state index in [0.717, 1.165) is 29.7 Å². The Morgan fingerprint density at radius 1 is 1.17 bits per heavy atom. The SMILES string of the molecule is Cc1cc(C(F)(F)F)nc2sc(C(N)=O)c(NC(=O)C(C)Cn3nc(C(F)(F)F)cc3C3CC3)c12. The summed E-state index contributed by atoms with van der Waals surface area (Å²) in [5.41, 5.74) is 3.60. The maximum atomic E-state index is 13.2. The zero-order valence-electron chi connectivity index (χ0n) is 18.3. The molecule has 4 rings (SSSR count). The number of anilines is 1. The van der Waals surface area contributed by atoms with Gasteiger partial charge in [-0.05, 0) is 37.5 Å². The number of carbonyl (C=O) groups excluding carboxylic acids is 2. The first-order valence-corrected chi connectivity index (χ1v) is 11.3. The number of rotatable bonds is 6. The molecule has 7 nitrogen and oxygen atoms in total. The average molecular weight is 519 g/mol. The lowest BCUT2D eigenvalue weighted by Gasteiger charge is -2.15. The number of aryl methyl sites for hydroxylation is 1. The molecule has 2 amide bonds. The fraction of sp³-hybridized carbons (Fsp3) is 0.429. The Morgan fingerprint density at radius 2 is 1.80 bits per heavy atom. The largest absolute Gasteiger partial charge is 0.435 e. The maximum absolute atomic E-state index is 13.2. The standard InChI is InChI=1S/C21H19F6N5O2S/c1-8-5-12(20(22,23)24)29-19-14(8)15(16(35-19)17(28)33)30-18(34)9(2)7-32-11(10-3-4-10)6-13(31-32)21(25,26)27/h5-6,9-10H,3-4,7H2,1-2H3,(H2,28,33)(H,30,34). The molecule has 0 aliphatic heterocycles. The fourth-order valence-corrected chi connectivity index (χ4v) is 4.79. The topological polar surface area (TPSA) is 103 Å². The van der Waals surface area contributed by atoms with Crippen molar-refractivity contribution < 1.29 is 35.9 Å². The van der Waals surface area contributed by atoms with Gasteiger partial charge in [-0.25, -0.2) is 4.98 Å². The molecule has 188 valence electrons. The van der Waals surface area contributed by atoms with Gasteiger partial charge in [0.2, 0.25) is 5.91 Å². The summed E-state index contributed by atoms with van der Waals surface area (Å²) in [6.45, 7) is 2.67. The van der Waals surface area contributed by atoms with E-state index in [0.29, 0.717) is 17.0 Å². The van der Waals surface area contributed by atoms with Gasteiger partial charge in [0, 0.05) is 17.0 Å². The summed E-state index contributed by atoms with van der Waals surface area (Å²) in [5.74, 6) is -2.60. The fourth-order valence-electron chi connectivity index (χ4n) is 3.73. The molecule has 0 radical (unpaired) electrons. The quantitative estimate of drug-likeness (QED) is 0.443. The predicted molar refractivity (Wildman–Crippen MR) is 115 cm³/mol. The van der Waals surface area contributed by atoms with Gasteiger partial charge >= 0.3 is 12.4 Å². The Bertz CT molecular complexity index is 1320. The first-order valence-electron chi connectivity index (χ1n) is 10.4. The number of nitrogens with one attached hydrogen (secondary N) is 1. The van der Waals surface area contributed by atoms with Crippen molar-refractivity contribution in [1.29, 1.82) is 0 Å². The first kappa shape index (κ1) is 24.9. The van der Waals surface area contributed by atoms with Crippen molar-refractivity contribution in [3.63, 3.8) is 0 Å². The number of primary amides is 1. The van der Waals surface area contributed by atoms with Crippen molar-refractivity contribution in [2.24, 2.45) is 11.7 Å². The number of hydrogen-bond donors (Lipinski definition) is 2. The minimum absolute atomic E-state index is 0.0623. The highest BCUT2D eigenvalue weighted by Crippen LogP contribution is 2.43. The van der Waals surface area contributed by atoms with Crippen molar-refractivity contribution in [2.45, 2.75) is 51.5 Å². The summed E-state index contributed by atoms with van der Waals surface area (Å²) in [6, 6.07) is 1.77. The zero-order valence-corrected chi connectivity index (χ0v) is 19.2. The summed E-state index contributed by atoms with van der Waals surface area (Å²) in [5, 5.41) is 6.28. The summed E-state index contributed by atoms with van der Waals surface area (Å²) in [6.07, 6.45) is -7.91. The molecule has 1 saturated carbocycles. The second-order valence-corrected chi connectivity index (χ2v) is 9.47. The lowest BCUT2D eigenvalue weighted by Crippen LogP contribution is -2.26. The van der Waals surface area contributed by atoms with Crippen LogP contribution in [0.25, 0.3) is 10.2 Å². The van der Waals surface area contributed by atoms with Gasteiger partial charge in [-0.15, -0.1) is 11.3 Å². The van der Waals surface area contributed by atoms with Crippen LogP contribution in [0.5, 0.6) is 0 Å². The van der Waals surface area contributed by atoms with Crippen LogP contribution in [0.1, 0.15) is 58.0 Å². The molecular weight excluding hydrogens is 500 g/mol. The Labute approximate surface area is 198 Å². The van der Waals surface area contributed by atoms with Crippen LogP contribution in [-0.4, -0.2) is 26.6 Å². The number of hydrogen-bond acceptors (Lipinski definition) is 5. The molecule has 1 aliphatic carbocycles. The second kappa shape index (κ2) is 8.50. The number of aromatic nitrogens is 3. The van der Waals surface area contributed by atoms with E-state index in [2.05, 4.69) is 15.4 Å². The molecule has 35 heavy (non-hydrogen) atoms. The third-order valence-corrected chi connectivity index (χ3v) is 6.71. The summed E-state index contributed by atoms with van der Waals surface area (Å²) >= 11 is 0.612. The number of fused-ring (bicyclic) bond motifs is 1. The molecule has 0 aromatic carbocycles. The highest BCUT2D eigenvalue weighted by atomic mass is 32.1. The number of alkyl halides is 6.